The standard InChI is InChI=1S/C10H14FNO/c1-8(12-13-2)6-9-4-3-5-10(11)7-9/h3-5,7-8,12H,6H2,1-2H3. The first-order chi connectivity index (χ1) is 6.22. The maximum atomic E-state index is 12.8. The summed E-state index contributed by atoms with van der Waals surface area (Å²) in [6.07, 6.45) is 0.756. The van der Waals surface area contributed by atoms with E-state index in [2.05, 4.69) is 5.48 Å². The van der Waals surface area contributed by atoms with Crippen molar-refractivity contribution in [2.24, 2.45) is 0 Å². The fraction of sp³-hybridized carbons (Fsp3) is 0.400. The predicted molar refractivity (Wildman–Crippen MR) is 49.7 cm³/mol. The van der Waals surface area contributed by atoms with Crippen LogP contribution in [-0.2, 0) is 11.3 Å². The normalized spacial score (nSPS) is 12.8. The van der Waals surface area contributed by atoms with Gasteiger partial charge in [-0.05, 0) is 31.0 Å². The van der Waals surface area contributed by atoms with Crippen molar-refractivity contribution in [3.8, 4) is 0 Å². The number of rotatable bonds is 4. The number of hydrogen-bond donors (Lipinski definition) is 1. The summed E-state index contributed by atoms with van der Waals surface area (Å²) in [4.78, 5) is 4.76. The summed E-state index contributed by atoms with van der Waals surface area (Å²) in [5.74, 6) is -0.192. The molecule has 0 aromatic heterocycles. The van der Waals surface area contributed by atoms with Crippen molar-refractivity contribution in [1.82, 2.24) is 5.48 Å². The summed E-state index contributed by atoms with van der Waals surface area (Å²) in [5, 5.41) is 0. The van der Waals surface area contributed by atoms with E-state index in [1.165, 1.54) is 12.1 Å². The van der Waals surface area contributed by atoms with E-state index in [9.17, 15) is 4.39 Å². The molecule has 1 rings (SSSR count). The van der Waals surface area contributed by atoms with Crippen LogP contribution in [0.1, 0.15) is 12.5 Å². The van der Waals surface area contributed by atoms with E-state index in [0.717, 1.165) is 12.0 Å². The first kappa shape index (κ1) is 10.2. The van der Waals surface area contributed by atoms with E-state index in [4.69, 9.17) is 4.84 Å². The zero-order valence-electron chi connectivity index (χ0n) is 7.88. The van der Waals surface area contributed by atoms with Gasteiger partial charge in [0.1, 0.15) is 5.82 Å². The van der Waals surface area contributed by atoms with Crippen LogP contribution in [0.15, 0.2) is 24.3 Å². The van der Waals surface area contributed by atoms with Crippen LogP contribution < -0.4 is 5.48 Å². The maximum Gasteiger partial charge on any atom is 0.123 e. The van der Waals surface area contributed by atoms with Gasteiger partial charge in [-0.3, -0.25) is 0 Å². The lowest BCUT2D eigenvalue weighted by Crippen LogP contribution is -2.26. The van der Waals surface area contributed by atoms with Gasteiger partial charge < -0.3 is 4.84 Å². The first-order valence-corrected chi connectivity index (χ1v) is 4.25. The van der Waals surface area contributed by atoms with E-state index < -0.39 is 0 Å². The molecule has 0 aliphatic carbocycles. The Bertz CT molecular complexity index is 265. The van der Waals surface area contributed by atoms with Crippen LogP contribution >= 0.6 is 0 Å². The molecule has 1 N–H and O–H groups in total. The van der Waals surface area contributed by atoms with Gasteiger partial charge in [0.25, 0.3) is 0 Å². The van der Waals surface area contributed by atoms with Crippen molar-refractivity contribution >= 4 is 0 Å². The van der Waals surface area contributed by atoms with Crippen molar-refractivity contribution < 1.29 is 9.23 Å². The van der Waals surface area contributed by atoms with Crippen LogP contribution in [0.3, 0.4) is 0 Å². The third-order valence-electron chi connectivity index (χ3n) is 1.75. The molecule has 0 saturated heterocycles. The van der Waals surface area contributed by atoms with E-state index in [1.807, 2.05) is 13.0 Å². The van der Waals surface area contributed by atoms with Crippen molar-refractivity contribution in [2.45, 2.75) is 19.4 Å². The molecule has 13 heavy (non-hydrogen) atoms. The summed E-state index contributed by atoms with van der Waals surface area (Å²) in [7, 11) is 1.57. The highest BCUT2D eigenvalue weighted by Crippen LogP contribution is 2.06. The molecule has 0 aliphatic rings. The van der Waals surface area contributed by atoms with Gasteiger partial charge >= 0.3 is 0 Å². The highest BCUT2D eigenvalue weighted by molar-refractivity contribution is 5.17. The van der Waals surface area contributed by atoms with E-state index in [-0.39, 0.29) is 11.9 Å². The summed E-state index contributed by atoms with van der Waals surface area (Å²) < 4.78 is 12.8. The van der Waals surface area contributed by atoms with Crippen LogP contribution in [-0.4, -0.2) is 13.2 Å². The van der Waals surface area contributed by atoms with Gasteiger partial charge in [0.15, 0.2) is 0 Å². The minimum Gasteiger partial charge on any atom is -0.305 e. The Labute approximate surface area is 77.7 Å². The molecule has 0 saturated carbocycles. The van der Waals surface area contributed by atoms with Crippen LogP contribution in [0.5, 0.6) is 0 Å². The van der Waals surface area contributed by atoms with Gasteiger partial charge in [0, 0.05) is 6.04 Å². The summed E-state index contributed by atoms with van der Waals surface area (Å²) >= 11 is 0. The fourth-order valence-electron chi connectivity index (χ4n) is 1.26. The van der Waals surface area contributed by atoms with Crippen LogP contribution in [0.4, 0.5) is 4.39 Å². The third kappa shape index (κ3) is 3.53. The Kier molecular flexibility index (Phi) is 3.86. The van der Waals surface area contributed by atoms with Crippen molar-refractivity contribution in [1.29, 1.82) is 0 Å². The lowest BCUT2D eigenvalue weighted by atomic mass is 10.1. The Morgan fingerprint density at radius 3 is 2.92 bits per heavy atom. The molecule has 1 atom stereocenters. The zero-order valence-corrected chi connectivity index (χ0v) is 7.88. The van der Waals surface area contributed by atoms with Gasteiger partial charge in [-0.15, -0.1) is 0 Å². The molecule has 1 unspecified atom stereocenters. The minimum absolute atomic E-state index is 0.187. The summed E-state index contributed by atoms with van der Waals surface area (Å²) in [6, 6.07) is 6.78. The molecule has 1 aromatic rings. The van der Waals surface area contributed by atoms with Crippen LogP contribution in [0.2, 0.25) is 0 Å². The Morgan fingerprint density at radius 2 is 2.31 bits per heavy atom. The van der Waals surface area contributed by atoms with Crippen LogP contribution in [0, 0.1) is 5.82 Å². The quantitative estimate of drug-likeness (QED) is 0.720. The summed E-state index contributed by atoms with van der Waals surface area (Å²) in [6.45, 7) is 1.98. The highest BCUT2D eigenvalue weighted by atomic mass is 19.1. The molecular formula is C10H14FNO. The van der Waals surface area contributed by atoms with Gasteiger partial charge in [-0.1, -0.05) is 12.1 Å². The number of hydrogen-bond acceptors (Lipinski definition) is 2. The molecule has 0 bridgehead atoms. The van der Waals surface area contributed by atoms with E-state index >= 15 is 0 Å². The van der Waals surface area contributed by atoms with E-state index in [1.54, 1.807) is 13.2 Å². The number of nitrogens with one attached hydrogen (secondary N) is 1. The molecule has 0 radical (unpaired) electrons. The second-order valence-corrected chi connectivity index (χ2v) is 3.06. The van der Waals surface area contributed by atoms with Crippen molar-refractivity contribution in [3.05, 3.63) is 35.6 Å². The second kappa shape index (κ2) is 4.94. The molecule has 0 amide bonds. The molecule has 0 aliphatic heterocycles. The largest absolute Gasteiger partial charge is 0.305 e. The van der Waals surface area contributed by atoms with Gasteiger partial charge in [0.05, 0.1) is 7.11 Å². The van der Waals surface area contributed by atoms with Gasteiger partial charge in [-0.2, -0.15) is 5.48 Å². The molecule has 0 heterocycles. The third-order valence-corrected chi connectivity index (χ3v) is 1.75. The molecule has 1 aromatic carbocycles. The first-order valence-electron chi connectivity index (χ1n) is 4.25. The fourth-order valence-corrected chi connectivity index (χ4v) is 1.26. The zero-order chi connectivity index (χ0) is 9.68. The average Bonchev–Trinajstić information content (AvgIpc) is 2.04. The predicted octanol–water partition coefficient (Wildman–Crippen LogP) is 1.91. The second-order valence-electron chi connectivity index (χ2n) is 3.06. The smallest absolute Gasteiger partial charge is 0.123 e. The average molecular weight is 183 g/mol. The monoisotopic (exact) mass is 183 g/mol. The molecule has 0 fully saturated rings. The summed E-state index contributed by atoms with van der Waals surface area (Å²) in [5.41, 5.74) is 3.76. The number of halogens is 1. The number of hydroxylamine groups is 1. The molecular weight excluding hydrogens is 169 g/mol. The highest BCUT2D eigenvalue weighted by Gasteiger charge is 2.02. The Morgan fingerprint density at radius 1 is 1.54 bits per heavy atom. The molecule has 2 nitrogen and oxygen atoms in total. The lowest BCUT2D eigenvalue weighted by molar-refractivity contribution is 0.0661. The topological polar surface area (TPSA) is 21.3 Å². The Hall–Kier alpha value is -0.930. The Balaban J connectivity index is 2.53. The van der Waals surface area contributed by atoms with Crippen LogP contribution in [0.25, 0.3) is 0 Å². The van der Waals surface area contributed by atoms with Gasteiger partial charge in [0.2, 0.25) is 0 Å². The molecule has 0 spiro atoms. The molecule has 72 valence electrons. The van der Waals surface area contributed by atoms with E-state index in [0.29, 0.717) is 0 Å². The van der Waals surface area contributed by atoms with Crippen molar-refractivity contribution in [3.63, 3.8) is 0 Å². The maximum absolute atomic E-state index is 12.8. The van der Waals surface area contributed by atoms with Gasteiger partial charge in [-0.25, -0.2) is 4.39 Å². The van der Waals surface area contributed by atoms with Crippen molar-refractivity contribution in [2.75, 3.05) is 7.11 Å². The SMILES string of the molecule is CONC(C)Cc1cccc(F)c1. The minimum atomic E-state index is -0.192. The number of benzene rings is 1. The lowest BCUT2D eigenvalue weighted by Gasteiger charge is -2.11. The molecule has 3 heteroatoms.